The fourth-order valence-corrected chi connectivity index (χ4v) is 12.3. The van der Waals surface area contributed by atoms with Crippen LogP contribution in [0.25, 0.3) is 6.08 Å². The fourth-order valence-electron chi connectivity index (χ4n) is 12.3. The minimum Gasteiger partial charge on any atom is -0.504 e. The van der Waals surface area contributed by atoms with Crippen LogP contribution in [0, 0.1) is 56.2 Å². The van der Waals surface area contributed by atoms with Gasteiger partial charge in [-0.25, -0.2) is 4.79 Å². The summed E-state index contributed by atoms with van der Waals surface area (Å²) in [5.41, 5.74) is 1.29. The van der Waals surface area contributed by atoms with Crippen molar-refractivity contribution in [2.24, 2.45) is 56.2 Å². The standard InChI is InChI=1S/C39H56O5/c1-24-29(44-32(43)14-10-25-9-11-26(40)27(41)21-25)12-13-30-36(5)18-20-38(7)31-23-34(2,3)15-16-35(31,4)17-19-39(38,8)33(36)28(42)22-37(24,30)6/h9-11,14,21,24,29-31,33,40-41H,12-13,15-20,22-23H2,1-8H3/b14-10+/t24-,29+,30-,31+,33?,35+,36-,37+,38-,39+/m0/s1. The summed E-state index contributed by atoms with van der Waals surface area (Å²) < 4.78 is 6.06. The largest absolute Gasteiger partial charge is 0.504 e. The third kappa shape index (κ3) is 4.52. The lowest BCUT2D eigenvalue weighted by Crippen LogP contribution is -2.70. The third-order valence-electron chi connectivity index (χ3n) is 15.2. The van der Waals surface area contributed by atoms with Gasteiger partial charge >= 0.3 is 5.97 Å². The van der Waals surface area contributed by atoms with E-state index < -0.39 is 5.97 Å². The van der Waals surface area contributed by atoms with Crippen LogP contribution in [-0.2, 0) is 14.3 Å². The maximum Gasteiger partial charge on any atom is 0.331 e. The van der Waals surface area contributed by atoms with Gasteiger partial charge in [0.25, 0.3) is 0 Å². The third-order valence-corrected chi connectivity index (χ3v) is 15.2. The lowest BCUT2D eigenvalue weighted by molar-refractivity contribution is -0.252. The molecule has 0 amide bonds. The van der Waals surface area contributed by atoms with Gasteiger partial charge in [-0.15, -0.1) is 0 Å². The molecule has 242 valence electrons. The highest BCUT2D eigenvalue weighted by Crippen LogP contribution is 2.77. The van der Waals surface area contributed by atoms with E-state index in [0.717, 1.165) is 25.7 Å². The number of phenols is 2. The van der Waals surface area contributed by atoms with E-state index in [1.807, 2.05) is 0 Å². The molecule has 0 spiro atoms. The van der Waals surface area contributed by atoms with Gasteiger partial charge in [0.15, 0.2) is 11.5 Å². The average Bonchev–Trinajstić information content (AvgIpc) is 2.94. The number of esters is 1. The Morgan fingerprint density at radius 3 is 2.23 bits per heavy atom. The van der Waals surface area contributed by atoms with Crippen molar-refractivity contribution in [3.63, 3.8) is 0 Å². The van der Waals surface area contributed by atoms with E-state index in [2.05, 4.69) is 55.4 Å². The molecule has 0 aromatic heterocycles. The molecule has 5 fully saturated rings. The van der Waals surface area contributed by atoms with E-state index in [9.17, 15) is 19.8 Å². The Hall–Kier alpha value is -2.30. The van der Waals surface area contributed by atoms with Crippen LogP contribution in [0.4, 0.5) is 0 Å². The number of benzene rings is 1. The molecule has 6 rings (SSSR count). The zero-order valence-electron chi connectivity index (χ0n) is 28.5. The van der Waals surface area contributed by atoms with Crippen molar-refractivity contribution in [1.82, 2.24) is 0 Å². The normalized spacial score (nSPS) is 46.4. The Morgan fingerprint density at radius 1 is 0.841 bits per heavy atom. The van der Waals surface area contributed by atoms with Crippen molar-refractivity contribution in [2.45, 2.75) is 126 Å². The summed E-state index contributed by atoms with van der Waals surface area (Å²) in [6.45, 7) is 19.6. The van der Waals surface area contributed by atoms with Crippen molar-refractivity contribution in [1.29, 1.82) is 0 Å². The molecule has 5 aliphatic carbocycles. The first-order valence-electron chi connectivity index (χ1n) is 17.3. The zero-order chi connectivity index (χ0) is 32.1. The molecule has 0 heterocycles. The molecule has 5 nitrogen and oxygen atoms in total. The van der Waals surface area contributed by atoms with Crippen molar-refractivity contribution in [3.05, 3.63) is 29.8 Å². The second-order valence-electron chi connectivity index (χ2n) is 18.0. The number of fused-ring (bicyclic) bond motifs is 7. The van der Waals surface area contributed by atoms with Crippen LogP contribution in [0.15, 0.2) is 24.3 Å². The summed E-state index contributed by atoms with van der Waals surface area (Å²) in [4.78, 5) is 27.6. The quantitative estimate of drug-likeness (QED) is 0.204. The van der Waals surface area contributed by atoms with Crippen LogP contribution in [0.3, 0.4) is 0 Å². The molecule has 1 aromatic rings. The van der Waals surface area contributed by atoms with Gasteiger partial charge in [0, 0.05) is 18.4 Å². The molecule has 0 radical (unpaired) electrons. The average molecular weight is 605 g/mol. The minimum atomic E-state index is -0.413. The van der Waals surface area contributed by atoms with Gasteiger partial charge in [0.05, 0.1) is 0 Å². The topological polar surface area (TPSA) is 83.8 Å². The molecule has 0 aliphatic heterocycles. The highest BCUT2D eigenvalue weighted by atomic mass is 16.5. The molecule has 5 aliphatic rings. The molecule has 0 saturated heterocycles. The Morgan fingerprint density at radius 2 is 1.52 bits per heavy atom. The first-order chi connectivity index (χ1) is 20.4. The lowest BCUT2D eigenvalue weighted by atomic mass is 9.30. The predicted molar refractivity (Wildman–Crippen MR) is 174 cm³/mol. The summed E-state index contributed by atoms with van der Waals surface area (Å²) in [5.74, 6) is 0.888. The first kappa shape index (κ1) is 31.7. The van der Waals surface area contributed by atoms with Gasteiger partial charge in [-0.05, 0) is 132 Å². The monoisotopic (exact) mass is 604 g/mol. The Bertz CT molecular complexity index is 1380. The molecule has 0 bridgehead atoms. The molecular weight excluding hydrogens is 548 g/mol. The second kappa shape index (κ2) is 10.1. The van der Waals surface area contributed by atoms with Crippen molar-refractivity contribution in [2.75, 3.05) is 0 Å². The molecule has 1 unspecified atom stereocenters. The van der Waals surface area contributed by atoms with Gasteiger partial charge in [-0.1, -0.05) is 61.5 Å². The fraction of sp³-hybridized carbons (Fsp3) is 0.744. The van der Waals surface area contributed by atoms with Crippen molar-refractivity contribution in [3.8, 4) is 11.5 Å². The molecular formula is C39H56O5. The number of hydrogen-bond donors (Lipinski definition) is 2. The van der Waals surface area contributed by atoms with E-state index in [1.54, 1.807) is 12.1 Å². The molecule has 5 saturated carbocycles. The second-order valence-corrected chi connectivity index (χ2v) is 18.0. The van der Waals surface area contributed by atoms with E-state index in [4.69, 9.17) is 4.74 Å². The van der Waals surface area contributed by atoms with Gasteiger partial charge in [0.2, 0.25) is 0 Å². The Labute approximate surface area is 265 Å². The molecule has 2 N–H and O–H groups in total. The van der Waals surface area contributed by atoms with Crippen molar-refractivity contribution >= 4 is 17.8 Å². The number of ketones is 1. The summed E-state index contributed by atoms with van der Waals surface area (Å²) >= 11 is 0. The van der Waals surface area contributed by atoms with Gasteiger partial charge < -0.3 is 14.9 Å². The van der Waals surface area contributed by atoms with Gasteiger partial charge in [0.1, 0.15) is 11.9 Å². The van der Waals surface area contributed by atoms with E-state index in [-0.39, 0.29) is 51.1 Å². The van der Waals surface area contributed by atoms with E-state index >= 15 is 0 Å². The highest BCUT2D eigenvalue weighted by Gasteiger charge is 2.73. The molecule has 5 heteroatoms. The summed E-state index contributed by atoms with van der Waals surface area (Å²) in [5, 5.41) is 19.3. The number of hydrogen-bond acceptors (Lipinski definition) is 5. The van der Waals surface area contributed by atoms with E-state index in [1.165, 1.54) is 50.3 Å². The zero-order valence-corrected chi connectivity index (χ0v) is 28.5. The van der Waals surface area contributed by atoms with Crippen LogP contribution >= 0.6 is 0 Å². The molecule has 1 aromatic carbocycles. The molecule has 10 atom stereocenters. The highest BCUT2D eigenvalue weighted by molar-refractivity contribution is 5.87. The lowest BCUT2D eigenvalue weighted by Gasteiger charge is -2.74. The van der Waals surface area contributed by atoms with Crippen molar-refractivity contribution < 1.29 is 24.5 Å². The first-order valence-corrected chi connectivity index (χ1v) is 17.3. The Kier molecular flexibility index (Phi) is 7.27. The number of ether oxygens (including phenoxy) is 1. The number of Topliss-reactive ketones (excluding diaryl/α,β-unsaturated/α-hetero) is 1. The van der Waals surface area contributed by atoms with Crippen LogP contribution in [0.5, 0.6) is 11.5 Å². The van der Waals surface area contributed by atoms with Crippen LogP contribution in [0.1, 0.15) is 125 Å². The van der Waals surface area contributed by atoms with E-state index in [0.29, 0.717) is 40.4 Å². The number of aromatic hydroxyl groups is 2. The number of carbonyl (C=O) groups excluding carboxylic acids is 2. The summed E-state index contributed by atoms with van der Waals surface area (Å²) in [6.07, 6.45) is 13.8. The predicted octanol–water partition coefficient (Wildman–Crippen LogP) is 9.10. The maximum atomic E-state index is 14.7. The summed E-state index contributed by atoms with van der Waals surface area (Å²) in [7, 11) is 0. The number of phenolic OH excluding ortho intramolecular Hbond substituents is 2. The number of carbonyl (C=O) groups is 2. The minimum absolute atomic E-state index is 0.00994. The smallest absolute Gasteiger partial charge is 0.331 e. The summed E-state index contributed by atoms with van der Waals surface area (Å²) in [6, 6.07) is 4.45. The van der Waals surface area contributed by atoms with Crippen LogP contribution in [-0.4, -0.2) is 28.1 Å². The van der Waals surface area contributed by atoms with Crippen LogP contribution in [0.2, 0.25) is 0 Å². The molecule has 44 heavy (non-hydrogen) atoms. The Balaban J connectivity index is 1.24. The van der Waals surface area contributed by atoms with Crippen LogP contribution < -0.4 is 0 Å². The van der Waals surface area contributed by atoms with Gasteiger partial charge in [-0.2, -0.15) is 0 Å². The SMILES string of the molecule is C[C@H]1[C@H](OC(=O)/C=C/c2ccc(O)c(O)c2)CC[C@@H]2[C@]1(C)CC(=O)C1[C@@]2(C)CC[C@@]2(C)[C@@H]3CC(C)(C)CC[C@]3(C)CC[C@]12C. The van der Waals surface area contributed by atoms with Gasteiger partial charge in [-0.3, -0.25) is 4.79 Å². The maximum absolute atomic E-state index is 14.7. The number of rotatable bonds is 3.